The molecule has 4 nitrogen and oxygen atoms in total. The van der Waals surface area contributed by atoms with E-state index < -0.39 is 10.0 Å². The molecule has 0 saturated heterocycles. The van der Waals surface area contributed by atoms with E-state index in [0.717, 1.165) is 36.8 Å². The zero-order chi connectivity index (χ0) is 15.5. The molecule has 0 aliphatic heterocycles. The van der Waals surface area contributed by atoms with Crippen LogP contribution >= 0.6 is 0 Å². The first kappa shape index (κ1) is 16.5. The minimum atomic E-state index is -3.46. The van der Waals surface area contributed by atoms with Crippen LogP contribution in [-0.4, -0.2) is 14.5 Å². The fourth-order valence-corrected chi connectivity index (χ4v) is 4.55. The van der Waals surface area contributed by atoms with Crippen molar-refractivity contribution in [3.05, 3.63) is 29.3 Å². The minimum absolute atomic E-state index is 0.0564. The molecular formula is C16H26N2O2S. The lowest BCUT2D eigenvalue weighted by Gasteiger charge is -2.18. The van der Waals surface area contributed by atoms with Crippen LogP contribution in [0, 0.1) is 12.8 Å². The van der Waals surface area contributed by atoms with Gasteiger partial charge < -0.3 is 5.73 Å². The first-order chi connectivity index (χ1) is 9.92. The van der Waals surface area contributed by atoms with E-state index in [1.54, 1.807) is 6.07 Å². The maximum atomic E-state index is 12.6. The normalized spacial score (nSPS) is 23.8. The highest BCUT2D eigenvalue weighted by Crippen LogP contribution is 2.24. The van der Waals surface area contributed by atoms with Gasteiger partial charge in [-0.05, 0) is 49.3 Å². The van der Waals surface area contributed by atoms with Gasteiger partial charge in [-0.15, -0.1) is 0 Å². The van der Waals surface area contributed by atoms with Gasteiger partial charge in [0.1, 0.15) is 0 Å². The predicted octanol–water partition coefficient (Wildman–Crippen LogP) is 2.70. The molecule has 118 valence electrons. The third kappa shape index (κ3) is 4.28. The Hall–Kier alpha value is -0.910. The molecule has 1 aliphatic carbocycles. The Bertz CT molecular complexity index is 584. The van der Waals surface area contributed by atoms with E-state index in [0.29, 0.717) is 17.4 Å². The molecule has 1 aromatic rings. The van der Waals surface area contributed by atoms with Gasteiger partial charge in [0.25, 0.3) is 0 Å². The summed E-state index contributed by atoms with van der Waals surface area (Å²) in [6, 6.07) is 5.45. The van der Waals surface area contributed by atoms with Crippen LogP contribution < -0.4 is 10.5 Å². The van der Waals surface area contributed by atoms with E-state index in [1.807, 2.05) is 19.1 Å². The molecule has 1 aromatic carbocycles. The van der Waals surface area contributed by atoms with Crippen LogP contribution in [0.3, 0.4) is 0 Å². The first-order valence-electron chi connectivity index (χ1n) is 7.74. The first-order valence-corrected chi connectivity index (χ1v) is 9.22. The van der Waals surface area contributed by atoms with Crippen molar-refractivity contribution in [2.45, 2.75) is 63.4 Å². The summed E-state index contributed by atoms with van der Waals surface area (Å²) in [6.07, 6.45) is 5.24. The van der Waals surface area contributed by atoms with Crippen LogP contribution in [0.1, 0.15) is 50.2 Å². The van der Waals surface area contributed by atoms with Crippen molar-refractivity contribution >= 4 is 10.0 Å². The van der Waals surface area contributed by atoms with Gasteiger partial charge in [0.2, 0.25) is 10.0 Å². The highest BCUT2D eigenvalue weighted by atomic mass is 32.2. The number of hydrogen-bond donors (Lipinski definition) is 2. The van der Waals surface area contributed by atoms with Crippen LogP contribution in [0.4, 0.5) is 0 Å². The van der Waals surface area contributed by atoms with Crippen molar-refractivity contribution in [1.82, 2.24) is 4.72 Å². The fraction of sp³-hybridized carbons (Fsp3) is 0.625. The van der Waals surface area contributed by atoms with Gasteiger partial charge in [-0.2, -0.15) is 0 Å². The van der Waals surface area contributed by atoms with Gasteiger partial charge >= 0.3 is 0 Å². The van der Waals surface area contributed by atoms with Gasteiger partial charge in [0, 0.05) is 12.6 Å². The molecule has 21 heavy (non-hydrogen) atoms. The summed E-state index contributed by atoms with van der Waals surface area (Å²) in [5, 5.41) is 0. The second-order valence-corrected chi connectivity index (χ2v) is 7.92. The van der Waals surface area contributed by atoms with Crippen molar-refractivity contribution in [2.24, 2.45) is 11.7 Å². The molecule has 0 spiro atoms. The van der Waals surface area contributed by atoms with E-state index in [-0.39, 0.29) is 6.04 Å². The van der Waals surface area contributed by atoms with Gasteiger partial charge in [0.15, 0.2) is 0 Å². The Morgan fingerprint density at radius 3 is 2.71 bits per heavy atom. The Morgan fingerprint density at radius 2 is 2.00 bits per heavy atom. The largest absolute Gasteiger partial charge is 0.326 e. The van der Waals surface area contributed by atoms with Gasteiger partial charge in [-0.3, -0.25) is 0 Å². The van der Waals surface area contributed by atoms with E-state index in [4.69, 9.17) is 5.73 Å². The molecule has 0 radical (unpaired) electrons. The van der Waals surface area contributed by atoms with Gasteiger partial charge in [-0.25, -0.2) is 13.1 Å². The number of sulfonamides is 1. The summed E-state index contributed by atoms with van der Waals surface area (Å²) in [6.45, 7) is 4.42. The monoisotopic (exact) mass is 310 g/mol. The molecule has 5 heteroatoms. The summed E-state index contributed by atoms with van der Waals surface area (Å²) in [4.78, 5) is 0.364. The van der Waals surface area contributed by atoms with E-state index >= 15 is 0 Å². The van der Waals surface area contributed by atoms with Crippen LogP contribution in [0.5, 0.6) is 0 Å². The third-order valence-electron chi connectivity index (χ3n) is 4.36. The average molecular weight is 310 g/mol. The van der Waals surface area contributed by atoms with Gasteiger partial charge in [-0.1, -0.05) is 31.9 Å². The van der Waals surface area contributed by atoms with Gasteiger partial charge in [0.05, 0.1) is 4.90 Å². The second-order valence-electron chi connectivity index (χ2n) is 6.24. The summed E-state index contributed by atoms with van der Waals surface area (Å²) < 4.78 is 28.2. The number of hydrogen-bond acceptors (Lipinski definition) is 3. The smallest absolute Gasteiger partial charge is 0.241 e. The summed E-state index contributed by atoms with van der Waals surface area (Å²) in [7, 11) is -3.46. The van der Waals surface area contributed by atoms with Crippen molar-refractivity contribution < 1.29 is 8.42 Å². The molecule has 1 fully saturated rings. The zero-order valence-corrected chi connectivity index (χ0v) is 13.7. The summed E-state index contributed by atoms with van der Waals surface area (Å²) in [5.41, 5.74) is 7.23. The fourth-order valence-electron chi connectivity index (χ4n) is 2.95. The number of aryl methyl sites for hydroxylation is 1. The number of rotatable bonds is 4. The molecule has 1 saturated carbocycles. The molecule has 0 heterocycles. The maximum absolute atomic E-state index is 12.6. The maximum Gasteiger partial charge on any atom is 0.241 e. The summed E-state index contributed by atoms with van der Waals surface area (Å²) >= 11 is 0. The molecule has 0 amide bonds. The van der Waals surface area contributed by atoms with Crippen molar-refractivity contribution in [3.8, 4) is 0 Å². The van der Waals surface area contributed by atoms with Crippen LogP contribution in [-0.2, 0) is 16.6 Å². The molecule has 2 atom stereocenters. The third-order valence-corrected chi connectivity index (χ3v) is 6.02. The number of benzene rings is 1. The molecule has 0 aromatic heterocycles. The lowest BCUT2D eigenvalue weighted by Crippen LogP contribution is -2.34. The van der Waals surface area contributed by atoms with Crippen molar-refractivity contribution in [2.75, 3.05) is 0 Å². The highest BCUT2D eigenvalue weighted by molar-refractivity contribution is 7.89. The topological polar surface area (TPSA) is 72.2 Å². The van der Waals surface area contributed by atoms with E-state index in [9.17, 15) is 8.42 Å². The molecule has 1 aliphatic rings. The molecule has 2 unspecified atom stereocenters. The van der Waals surface area contributed by atoms with Crippen LogP contribution in [0.15, 0.2) is 23.1 Å². The van der Waals surface area contributed by atoms with Crippen LogP contribution in [0.2, 0.25) is 0 Å². The SMILES string of the molecule is Cc1ccc(CN)cc1S(=O)(=O)NC1CCCC(C)CC1. The average Bonchev–Trinajstić information content (AvgIpc) is 2.63. The molecule has 3 N–H and O–H groups in total. The minimum Gasteiger partial charge on any atom is -0.326 e. The number of nitrogens with one attached hydrogen (secondary N) is 1. The molecular weight excluding hydrogens is 284 g/mol. The predicted molar refractivity (Wildman–Crippen MR) is 85.4 cm³/mol. The molecule has 0 bridgehead atoms. The van der Waals surface area contributed by atoms with Crippen molar-refractivity contribution in [3.63, 3.8) is 0 Å². The van der Waals surface area contributed by atoms with Crippen molar-refractivity contribution in [1.29, 1.82) is 0 Å². The van der Waals surface area contributed by atoms with E-state index in [2.05, 4.69) is 11.6 Å². The second kappa shape index (κ2) is 6.90. The Balaban J connectivity index is 2.18. The Kier molecular flexibility index (Phi) is 5.41. The molecule has 2 rings (SSSR count). The quantitative estimate of drug-likeness (QED) is 0.840. The lowest BCUT2D eigenvalue weighted by molar-refractivity contribution is 0.484. The lowest BCUT2D eigenvalue weighted by atomic mass is 10.0. The van der Waals surface area contributed by atoms with Crippen LogP contribution in [0.25, 0.3) is 0 Å². The zero-order valence-electron chi connectivity index (χ0n) is 12.9. The number of nitrogens with two attached hydrogens (primary N) is 1. The Morgan fingerprint density at radius 1 is 1.24 bits per heavy atom. The standard InChI is InChI=1S/C16H26N2O2S/c1-12-4-3-5-15(9-6-12)18-21(19,20)16-10-14(11-17)8-7-13(16)2/h7-8,10,12,15,18H,3-6,9,11,17H2,1-2H3. The Labute approximate surface area is 128 Å². The highest BCUT2D eigenvalue weighted by Gasteiger charge is 2.24. The van der Waals surface area contributed by atoms with E-state index in [1.165, 1.54) is 6.42 Å². The summed E-state index contributed by atoms with van der Waals surface area (Å²) in [5.74, 6) is 0.696.